The van der Waals surface area contributed by atoms with Gasteiger partial charge in [0.15, 0.2) is 0 Å². The average Bonchev–Trinajstić information content (AvgIpc) is 3.33. The molecular weight excluding hydrogens is 430 g/mol. The third-order valence-electron chi connectivity index (χ3n) is 5.00. The first-order valence-electron chi connectivity index (χ1n) is 9.67. The Labute approximate surface area is 185 Å². The van der Waals surface area contributed by atoms with Gasteiger partial charge in [-0.25, -0.2) is 13.1 Å². The van der Waals surface area contributed by atoms with Crippen molar-refractivity contribution >= 4 is 9.84 Å². The van der Waals surface area contributed by atoms with E-state index in [0.717, 1.165) is 0 Å². The van der Waals surface area contributed by atoms with E-state index in [9.17, 15) is 13.5 Å². The summed E-state index contributed by atoms with van der Waals surface area (Å²) >= 11 is 0. The Balaban J connectivity index is 1.77. The van der Waals surface area contributed by atoms with Gasteiger partial charge >= 0.3 is 0 Å². The molecule has 0 saturated carbocycles. The third-order valence-corrected chi connectivity index (χ3v) is 6.82. The zero-order valence-electron chi connectivity index (χ0n) is 17.5. The summed E-state index contributed by atoms with van der Waals surface area (Å²) in [6, 6.07) is 18.1. The summed E-state index contributed by atoms with van der Waals surface area (Å²) in [5.41, 5.74) is 2.09. The van der Waals surface area contributed by atoms with E-state index in [0.29, 0.717) is 34.0 Å². The van der Waals surface area contributed by atoms with Crippen LogP contribution < -0.4 is 9.47 Å². The molecule has 1 aromatic heterocycles. The Morgan fingerprint density at radius 2 is 1.72 bits per heavy atom. The van der Waals surface area contributed by atoms with Gasteiger partial charge in [0.25, 0.3) is 0 Å². The minimum Gasteiger partial charge on any atom is -0.497 e. The van der Waals surface area contributed by atoms with Gasteiger partial charge in [0.05, 0.1) is 36.8 Å². The van der Waals surface area contributed by atoms with Crippen LogP contribution in [0.1, 0.15) is 5.56 Å². The largest absolute Gasteiger partial charge is 0.497 e. The molecule has 32 heavy (non-hydrogen) atoms. The van der Waals surface area contributed by atoms with Crippen LogP contribution in [-0.2, 0) is 16.4 Å². The van der Waals surface area contributed by atoms with E-state index >= 15 is 0 Å². The van der Waals surface area contributed by atoms with Crippen molar-refractivity contribution in [3.63, 3.8) is 0 Å². The van der Waals surface area contributed by atoms with Gasteiger partial charge in [-0.3, -0.25) is 0 Å². The molecule has 8 nitrogen and oxygen atoms in total. The van der Waals surface area contributed by atoms with Gasteiger partial charge in [0.2, 0.25) is 9.84 Å². The number of rotatable bonds is 7. The highest BCUT2D eigenvalue weighted by atomic mass is 32.2. The summed E-state index contributed by atoms with van der Waals surface area (Å²) in [5.74, 6) is 1.17. The average molecular weight is 452 g/mol. The van der Waals surface area contributed by atoms with Crippen LogP contribution in [0.5, 0.6) is 11.5 Å². The maximum atomic E-state index is 13.3. The number of aliphatic hydroxyl groups is 1. The number of sulfone groups is 1. The van der Waals surface area contributed by atoms with Crippen LogP contribution in [0.15, 0.2) is 82.7 Å². The molecule has 0 atom stereocenters. The normalized spacial score (nSPS) is 11.3. The number of aromatic nitrogens is 3. The summed E-state index contributed by atoms with van der Waals surface area (Å²) in [5, 5.41) is 17.6. The fourth-order valence-electron chi connectivity index (χ4n) is 3.29. The van der Waals surface area contributed by atoms with E-state index in [1.54, 1.807) is 68.9 Å². The Hall–Kier alpha value is -3.69. The number of aliphatic hydroxyl groups excluding tert-OH is 1. The van der Waals surface area contributed by atoms with E-state index < -0.39 is 9.84 Å². The number of hydrogen-bond acceptors (Lipinski definition) is 7. The first kappa shape index (κ1) is 21.5. The Morgan fingerprint density at radius 1 is 0.969 bits per heavy atom. The molecule has 0 amide bonds. The molecule has 4 aromatic rings. The van der Waals surface area contributed by atoms with Crippen LogP contribution >= 0.6 is 0 Å². The van der Waals surface area contributed by atoms with Crippen molar-refractivity contribution in [3.05, 3.63) is 78.5 Å². The minimum atomic E-state index is -3.82. The van der Waals surface area contributed by atoms with Gasteiger partial charge in [-0.15, -0.1) is 5.10 Å². The Kier molecular flexibility index (Phi) is 5.93. The maximum Gasteiger partial charge on any atom is 0.207 e. The molecule has 9 heteroatoms. The topological polar surface area (TPSA) is 104 Å². The zero-order chi connectivity index (χ0) is 22.7. The lowest BCUT2D eigenvalue weighted by atomic mass is 10.2. The van der Waals surface area contributed by atoms with E-state index in [1.165, 1.54) is 22.9 Å². The van der Waals surface area contributed by atoms with Crippen LogP contribution in [0.2, 0.25) is 0 Å². The van der Waals surface area contributed by atoms with Crippen LogP contribution in [0, 0.1) is 0 Å². The van der Waals surface area contributed by atoms with Crippen molar-refractivity contribution in [2.45, 2.75) is 16.4 Å². The Morgan fingerprint density at radius 3 is 2.41 bits per heavy atom. The molecule has 0 radical (unpaired) electrons. The van der Waals surface area contributed by atoms with Crippen molar-refractivity contribution in [2.24, 2.45) is 0 Å². The molecule has 3 aromatic carbocycles. The number of hydrogen-bond donors (Lipinski definition) is 1. The van der Waals surface area contributed by atoms with Gasteiger partial charge in [0, 0.05) is 11.6 Å². The molecule has 0 fully saturated rings. The number of methoxy groups -OCH3 is 2. The van der Waals surface area contributed by atoms with Crippen molar-refractivity contribution in [3.8, 4) is 28.4 Å². The monoisotopic (exact) mass is 451 g/mol. The summed E-state index contributed by atoms with van der Waals surface area (Å²) in [4.78, 5) is 0.247. The second kappa shape index (κ2) is 8.81. The molecule has 4 rings (SSSR count). The second-order valence-corrected chi connectivity index (χ2v) is 8.81. The fraction of sp³-hybridized carbons (Fsp3) is 0.130. The summed E-state index contributed by atoms with van der Waals surface area (Å²) in [7, 11) is -0.712. The summed E-state index contributed by atoms with van der Waals surface area (Å²) in [6.45, 7) is -0.158. The number of benzene rings is 3. The molecule has 0 aliphatic rings. The lowest BCUT2D eigenvalue weighted by Crippen LogP contribution is -2.04. The van der Waals surface area contributed by atoms with E-state index in [-0.39, 0.29) is 16.4 Å². The molecule has 164 valence electrons. The van der Waals surface area contributed by atoms with Crippen LogP contribution in [-0.4, -0.2) is 42.7 Å². The first-order chi connectivity index (χ1) is 15.5. The summed E-state index contributed by atoms with van der Waals surface area (Å²) in [6.07, 6.45) is 1.65. The van der Waals surface area contributed by atoms with Gasteiger partial charge in [-0.05, 0) is 35.9 Å². The van der Waals surface area contributed by atoms with E-state index in [2.05, 4.69) is 10.3 Å². The molecule has 0 unspecified atom stereocenters. The number of ether oxygens (including phenoxy) is 2. The van der Waals surface area contributed by atoms with Crippen LogP contribution in [0.25, 0.3) is 16.9 Å². The van der Waals surface area contributed by atoms with Gasteiger partial charge in [-0.1, -0.05) is 35.5 Å². The second-order valence-electron chi connectivity index (χ2n) is 6.89. The van der Waals surface area contributed by atoms with Gasteiger partial charge in [0.1, 0.15) is 22.9 Å². The molecule has 0 aliphatic heterocycles. The smallest absolute Gasteiger partial charge is 0.207 e. The van der Waals surface area contributed by atoms with Gasteiger partial charge < -0.3 is 14.6 Å². The molecule has 1 heterocycles. The number of nitrogens with zero attached hydrogens (tertiary/aromatic N) is 3. The highest BCUT2D eigenvalue weighted by Gasteiger charge is 2.23. The maximum absolute atomic E-state index is 13.3. The fourth-order valence-corrected chi connectivity index (χ4v) is 4.76. The van der Waals surface area contributed by atoms with Crippen LogP contribution in [0.3, 0.4) is 0 Å². The molecule has 0 saturated heterocycles. The zero-order valence-corrected chi connectivity index (χ0v) is 18.3. The quantitative estimate of drug-likeness (QED) is 0.460. The third kappa shape index (κ3) is 3.95. The lowest BCUT2D eigenvalue weighted by Gasteiger charge is -2.10. The van der Waals surface area contributed by atoms with Crippen molar-refractivity contribution in [1.29, 1.82) is 0 Å². The predicted octanol–water partition coefficient (Wildman–Crippen LogP) is 3.28. The van der Waals surface area contributed by atoms with E-state index in [4.69, 9.17) is 9.47 Å². The minimum absolute atomic E-state index is 0.116. The molecule has 0 spiro atoms. The Bertz CT molecular complexity index is 1350. The molecule has 0 aliphatic carbocycles. The van der Waals surface area contributed by atoms with Crippen molar-refractivity contribution in [1.82, 2.24) is 15.0 Å². The molecule has 0 bridgehead atoms. The lowest BCUT2D eigenvalue weighted by molar-refractivity contribution is 0.282. The summed E-state index contributed by atoms with van der Waals surface area (Å²) < 4.78 is 38.8. The van der Waals surface area contributed by atoms with Gasteiger partial charge in [-0.2, -0.15) is 0 Å². The highest BCUT2D eigenvalue weighted by Crippen LogP contribution is 2.32. The van der Waals surface area contributed by atoms with E-state index in [1.807, 2.05) is 0 Å². The molecule has 1 N–H and O–H groups in total. The van der Waals surface area contributed by atoms with Crippen LogP contribution in [0.4, 0.5) is 0 Å². The standard InChI is InChI=1S/C23H21N3O5S/c1-30-17-9-12-21(22(13-17)31-2)26-14-20(24-25-26)19-5-3-4-6-23(19)32(28,29)18-10-7-16(15-27)8-11-18/h3-14,27H,15H2,1-2H3. The first-order valence-corrected chi connectivity index (χ1v) is 11.2. The molecular formula is C23H21N3O5S. The predicted molar refractivity (Wildman–Crippen MR) is 118 cm³/mol. The SMILES string of the molecule is COc1ccc(-n2cc(-c3ccccc3S(=O)(=O)c3ccc(CO)cc3)nn2)c(OC)c1. The van der Waals surface area contributed by atoms with Crippen molar-refractivity contribution in [2.75, 3.05) is 14.2 Å². The van der Waals surface area contributed by atoms with Crippen molar-refractivity contribution < 1.29 is 23.0 Å². The highest BCUT2D eigenvalue weighted by molar-refractivity contribution is 7.91.